The number of carbonyl (C=O) groups is 2. The van der Waals surface area contributed by atoms with E-state index in [9.17, 15) is 9.59 Å². The summed E-state index contributed by atoms with van der Waals surface area (Å²) < 4.78 is 0. The third-order valence-corrected chi connectivity index (χ3v) is 6.75. The van der Waals surface area contributed by atoms with E-state index in [1.54, 1.807) is 23.5 Å². The van der Waals surface area contributed by atoms with Gasteiger partial charge >= 0.3 is 0 Å². The standard InChI is InChI=1S/C12H22N2O2S4/c15-11-9-19-7-8-20-10-12(16)14-2-4-18-6-5-17-3-1-13-11/h1-10H2,(H,13,15)(H,14,16). The van der Waals surface area contributed by atoms with E-state index >= 15 is 0 Å². The SMILES string of the molecule is O=C1CSCCSCC(=O)NCCSCCSCCN1. The Morgan fingerprint density at radius 1 is 0.600 bits per heavy atom. The number of rotatable bonds is 0. The van der Waals surface area contributed by atoms with Gasteiger partial charge in [-0.05, 0) is 0 Å². The normalized spacial score (nSPS) is 22.2. The number of amides is 2. The molecule has 0 aromatic carbocycles. The molecule has 8 heteroatoms. The molecule has 0 radical (unpaired) electrons. The van der Waals surface area contributed by atoms with Gasteiger partial charge in [-0.25, -0.2) is 0 Å². The van der Waals surface area contributed by atoms with Crippen molar-refractivity contribution in [3.05, 3.63) is 0 Å². The highest BCUT2D eigenvalue weighted by Gasteiger charge is 2.03. The van der Waals surface area contributed by atoms with Crippen LogP contribution in [0, 0.1) is 0 Å². The van der Waals surface area contributed by atoms with Crippen molar-refractivity contribution >= 4 is 58.9 Å². The molecule has 1 fully saturated rings. The number of hydrogen-bond donors (Lipinski definition) is 2. The van der Waals surface area contributed by atoms with Crippen molar-refractivity contribution in [3.63, 3.8) is 0 Å². The van der Waals surface area contributed by atoms with Crippen LogP contribution in [-0.4, -0.2) is 70.9 Å². The van der Waals surface area contributed by atoms with Crippen LogP contribution in [0.15, 0.2) is 0 Å². The van der Waals surface area contributed by atoms with Crippen molar-refractivity contribution < 1.29 is 9.59 Å². The predicted molar refractivity (Wildman–Crippen MR) is 95.3 cm³/mol. The van der Waals surface area contributed by atoms with Gasteiger partial charge in [-0.15, -0.1) is 0 Å². The fraction of sp³-hybridized carbons (Fsp3) is 0.833. The summed E-state index contributed by atoms with van der Waals surface area (Å²) in [5.41, 5.74) is 0. The number of thioether (sulfide) groups is 4. The molecule has 1 aliphatic heterocycles. The van der Waals surface area contributed by atoms with Crippen molar-refractivity contribution in [2.75, 3.05) is 59.1 Å². The number of hydrogen-bond acceptors (Lipinski definition) is 6. The second kappa shape index (κ2) is 13.0. The maximum absolute atomic E-state index is 11.5. The van der Waals surface area contributed by atoms with Crippen molar-refractivity contribution in [2.45, 2.75) is 0 Å². The van der Waals surface area contributed by atoms with Crippen LogP contribution in [0.3, 0.4) is 0 Å². The van der Waals surface area contributed by atoms with E-state index in [0.717, 1.165) is 47.6 Å². The summed E-state index contributed by atoms with van der Waals surface area (Å²) in [6.07, 6.45) is 0. The molecule has 20 heavy (non-hydrogen) atoms. The molecule has 0 saturated carbocycles. The van der Waals surface area contributed by atoms with Crippen LogP contribution in [0.5, 0.6) is 0 Å². The summed E-state index contributed by atoms with van der Waals surface area (Å²) >= 11 is 6.99. The third kappa shape index (κ3) is 11.0. The van der Waals surface area contributed by atoms with Crippen LogP contribution < -0.4 is 10.6 Å². The molecule has 0 atom stereocenters. The Balaban J connectivity index is 2.19. The molecular formula is C12H22N2O2S4. The summed E-state index contributed by atoms with van der Waals surface area (Å²) in [4.78, 5) is 23.0. The maximum Gasteiger partial charge on any atom is 0.230 e. The quantitative estimate of drug-likeness (QED) is 0.681. The van der Waals surface area contributed by atoms with Gasteiger partial charge in [-0.2, -0.15) is 47.0 Å². The molecule has 0 bridgehead atoms. The Bertz CT molecular complexity index is 265. The summed E-state index contributed by atoms with van der Waals surface area (Å²) in [5.74, 6) is 7.25. The lowest BCUT2D eigenvalue weighted by Crippen LogP contribution is -2.28. The molecule has 0 aromatic heterocycles. The van der Waals surface area contributed by atoms with Gasteiger partial charge < -0.3 is 10.6 Å². The van der Waals surface area contributed by atoms with E-state index in [1.807, 2.05) is 23.5 Å². The molecule has 2 amide bonds. The van der Waals surface area contributed by atoms with E-state index in [-0.39, 0.29) is 11.8 Å². The fourth-order valence-corrected chi connectivity index (χ4v) is 5.05. The second-order valence-electron chi connectivity index (χ2n) is 4.03. The summed E-state index contributed by atoms with van der Waals surface area (Å²) in [7, 11) is 0. The molecule has 0 aliphatic carbocycles. The molecule has 116 valence electrons. The lowest BCUT2D eigenvalue weighted by atomic mass is 10.6. The van der Waals surface area contributed by atoms with Gasteiger partial charge in [0.15, 0.2) is 0 Å². The van der Waals surface area contributed by atoms with Crippen molar-refractivity contribution in [2.24, 2.45) is 0 Å². The Morgan fingerprint density at radius 2 is 1.00 bits per heavy atom. The van der Waals surface area contributed by atoms with Crippen LogP contribution in [0.4, 0.5) is 0 Å². The molecule has 1 heterocycles. The summed E-state index contributed by atoms with van der Waals surface area (Å²) in [6, 6.07) is 0. The molecule has 2 N–H and O–H groups in total. The van der Waals surface area contributed by atoms with Gasteiger partial charge in [0, 0.05) is 47.6 Å². The minimum Gasteiger partial charge on any atom is -0.355 e. The molecular weight excluding hydrogens is 332 g/mol. The van der Waals surface area contributed by atoms with Gasteiger partial charge in [0.25, 0.3) is 0 Å². The van der Waals surface area contributed by atoms with Crippen LogP contribution >= 0.6 is 47.0 Å². The van der Waals surface area contributed by atoms with Crippen molar-refractivity contribution in [3.8, 4) is 0 Å². The highest BCUT2D eigenvalue weighted by atomic mass is 32.2. The average Bonchev–Trinajstić information content (AvgIpc) is 2.43. The van der Waals surface area contributed by atoms with E-state index in [1.165, 1.54) is 0 Å². The maximum atomic E-state index is 11.5. The zero-order chi connectivity index (χ0) is 14.5. The van der Waals surface area contributed by atoms with Crippen molar-refractivity contribution in [1.82, 2.24) is 10.6 Å². The van der Waals surface area contributed by atoms with Crippen molar-refractivity contribution in [1.29, 1.82) is 0 Å². The van der Waals surface area contributed by atoms with Gasteiger partial charge in [0.05, 0.1) is 11.5 Å². The minimum atomic E-state index is 0.119. The summed E-state index contributed by atoms with van der Waals surface area (Å²) in [6.45, 7) is 1.53. The second-order valence-corrected chi connectivity index (χ2v) is 8.69. The van der Waals surface area contributed by atoms with Crippen LogP contribution in [0.2, 0.25) is 0 Å². The van der Waals surface area contributed by atoms with Crippen LogP contribution in [0.1, 0.15) is 0 Å². The van der Waals surface area contributed by atoms with E-state index < -0.39 is 0 Å². The molecule has 1 saturated heterocycles. The van der Waals surface area contributed by atoms with E-state index in [4.69, 9.17) is 0 Å². The Hall–Kier alpha value is 0.340. The minimum absolute atomic E-state index is 0.119. The molecule has 0 spiro atoms. The first-order valence-electron chi connectivity index (χ1n) is 6.63. The Morgan fingerprint density at radius 3 is 1.45 bits per heavy atom. The Kier molecular flexibility index (Phi) is 12.0. The largest absolute Gasteiger partial charge is 0.355 e. The van der Waals surface area contributed by atoms with E-state index in [2.05, 4.69) is 10.6 Å². The molecule has 1 rings (SSSR count). The Labute approximate surface area is 138 Å². The fourth-order valence-electron chi connectivity index (χ4n) is 1.40. The predicted octanol–water partition coefficient (Wildman–Crippen LogP) is 1.17. The molecule has 4 nitrogen and oxygen atoms in total. The van der Waals surface area contributed by atoms with E-state index in [0.29, 0.717) is 11.5 Å². The lowest BCUT2D eigenvalue weighted by Gasteiger charge is -2.07. The molecule has 0 unspecified atom stereocenters. The van der Waals surface area contributed by atoms with Gasteiger partial charge in [-0.1, -0.05) is 0 Å². The third-order valence-electron chi connectivity index (χ3n) is 2.35. The topological polar surface area (TPSA) is 58.2 Å². The van der Waals surface area contributed by atoms with Gasteiger partial charge in [0.1, 0.15) is 0 Å². The summed E-state index contributed by atoms with van der Waals surface area (Å²) in [5, 5.41) is 5.87. The van der Waals surface area contributed by atoms with Gasteiger partial charge in [0.2, 0.25) is 11.8 Å². The monoisotopic (exact) mass is 354 g/mol. The first kappa shape index (κ1) is 18.4. The zero-order valence-corrected chi connectivity index (χ0v) is 14.8. The average molecular weight is 355 g/mol. The van der Waals surface area contributed by atoms with Gasteiger partial charge in [-0.3, -0.25) is 9.59 Å². The smallest absolute Gasteiger partial charge is 0.230 e. The first-order chi connectivity index (χ1) is 9.79. The number of carbonyl (C=O) groups excluding carboxylic acids is 2. The highest BCUT2D eigenvalue weighted by Crippen LogP contribution is 2.08. The zero-order valence-electron chi connectivity index (χ0n) is 11.5. The molecule has 0 aromatic rings. The lowest BCUT2D eigenvalue weighted by molar-refractivity contribution is -0.119. The number of nitrogens with one attached hydrogen (secondary N) is 2. The first-order valence-corrected chi connectivity index (χ1v) is 11.3. The highest BCUT2D eigenvalue weighted by molar-refractivity contribution is 8.03. The van der Waals surface area contributed by atoms with Crippen LogP contribution in [0.25, 0.3) is 0 Å². The molecule has 1 aliphatic rings. The van der Waals surface area contributed by atoms with Crippen LogP contribution in [-0.2, 0) is 9.59 Å².